The van der Waals surface area contributed by atoms with Gasteiger partial charge in [-0.25, -0.2) is 0 Å². The summed E-state index contributed by atoms with van der Waals surface area (Å²) in [6.07, 6.45) is 12.3. The van der Waals surface area contributed by atoms with Gasteiger partial charge in [0.25, 0.3) is 0 Å². The zero-order valence-corrected chi connectivity index (χ0v) is 11.6. The summed E-state index contributed by atoms with van der Waals surface area (Å²) in [5.41, 5.74) is 0.159. The maximum Gasteiger partial charge on any atom is 0.0834 e. The van der Waals surface area contributed by atoms with Gasteiger partial charge >= 0.3 is 0 Å². The van der Waals surface area contributed by atoms with Crippen LogP contribution in [-0.2, 0) is 4.74 Å². The second kappa shape index (κ2) is 6.19. The maximum atomic E-state index is 6.19. The van der Waals surface area contributed by atoms with Crippen molar-refractivity contribution in [3.8, 4) is 0 Å². The van der Waals surface area contributed by atoms with E-state index in [9.17, 15) is 0 Å². The lowest BCUT2D eigenvalue weighted by Gasteiger charge is -2.38. The molecule has 1 N–H and O–H groups in total. The lowest BCUT2D eigenvalue weighted by atomic mass is 9.84. The first kappa shape index (κ1) is 13.4. The maximum absolute atomic E-state index is 6.19. The van der Waals surface area contributed by atoms with E-state index in [1.54, 1.807) is 0 Å². The van der Waals surface area contributed by atoms with Gasteiger partial charge in [-0.2, -0.15) is 0 Å². The highest BCUT2D eigenvalue weighted by molar-refractivity contribution is 4.97. The summed E-state index contributed by atoms with van der Waals surface area (Å²) in [6.45, 7) is 3.01. The van der Waals surface area contributed by atoms with Gasteiger partial charge < -0.3 is 10.1 Å². The fourth-order valence-corrected chi connectivity index (χ4v) is 4.03. The third kappa shape index (κ3) is 3.03. The molecular weight excluding hydrogens is 210 g/mol. The van der Waals surface area contributed by atoms with Crippen molar-refractivity contribution in [1.82, 2.24) is 5.32 Å². The number of hydrogen-bond donors (Lipinski definition) is 1. The van der Waals surface area contributed by atoms with E-state index in [1.165, 1.54) is 57.8 Å². The van der Waals surface area contributed by atoms with Crippen molar-refractivity contribution in [2.75, 3.05) is 13.7 Å². The minimum atomic E-state index is 0.159. The second-order valence-electron chi connectivity index (χ2n) is 5.93. The van der Waals surface area contributed by atoms with Gasteiger partial charge in [0.15, 0.2) is 0 Å². The number of likely N-dealkylation sites (N-methyl/N-ethyl adjacent to an activating group) is 1. The Kier molecular flexibility index (Phi) is 4.87. The summed E-state index contributed by atoms with van der Waals surface area (Å²) in [4.78, 5) is 0. The van der Waals surface area contributed by atoms with Crippen molar-refractivity contribution in [2.24, 2.45) is 5.92 Å². The number of rotatable bonds is 6. The first-order chi connectivity index (χ1) is 8.30. The van der Waals surface area contributed by atoms with Crippen LogP contribution in [0.5, 0.6) is 0 Å². The quantitative estimate of drug-likeness (QED) is 0.766. The number of hydrogen-bond acceptors (Lipinski definition) is 2. The molecule has 0 radical (unpaired) electrons. The summed E-state index contributed by atoms with van der Waals surface area (Å²) >= 11 is 0. The third-order valence-corrected chi connectivity index (χ3v) is 4.91. The van der Waals surface area contributed by atoms with E-state index in [2.05, 4.69) is 19.3 Å². The van der Waals surface area contributed by atoms with Gasteiger partial charge in [0, 0.05) is 12.6 Å². The Morgan fingerprint density at radius 1 is 1.18 bits per heavy atom. The molecule has 2 fully saturated rings. The Hall–Kier alpha value is -0.0800. The largest absolute Gasteiger partial charge is 0.374 e. The minimum absolute atomic E-state index is 0.159. The Balaban J connectivity index is 1.97. The average molecular weight is 239 g/mol. The Morgan fingerprint density at radius 3 is 2.35 bits per heavy atom. The molecule has 0 aliphatic heterocycles. The first-order valence-electron chi connectivity index (χ1n) is 7.62. The molecule has 0 aromatic rings. The van der Waals surface area contributed by atoms with E-state index in [0.29, 0.717) is 6.04 Å². The molecule has 2 saturated carbocycles. The molecule has 2 aliphatic carbocycles. The second-order valence-corrected chi connectivity index (χ2v) is 5.93. The van der Waals surface area contributed by atoms with Gasteiger partial charge in [-0.15, -0.1) is 0 Å². The van der Waals surface area contributed by atoms with Crippen molar-refractivity contribution in [1.29, 1.82) is 0 Å². The number of ether oxygens (including phenoxy) is 1. The molecule has 0 bridgehead atoms. The normalized spacial score (nSPS) is 26.5. The zero-order chi connectivity index (χ0) is 12.1. The van der Waals surface area contributed by atoms with Gasteiger partial charge in [0.1, 0.15) is 0 Å². The highest BCUT2D eigenvalue weighted by atomic mass is 16.5. The van der Waals surface area contributed by atoms with Gasteiger partial charge in [0.05, 0.1) is 5.60 Å². The smallest absolute Gasteiger partial charge is 0.0834 e. The van der Waals surface area contributed by atoms with Crippen molar-refractivity contribution < 1.29 is 4.74 Å². The highest BCUT2D eigenvalue weighted by Crippen LogP contribution is 2.40. The van der Waals surface area contributed by atoms with Crippen molar-refractivity contribution in [2.45, 2.75) is 76.4 Å². The van der Waals surface area contributed by atoms with Crippen molar-refractivity contribution >= 4 is 0 Å². The van der Waals surface area contributed by atoms with Gasteiger partial charge in [0.2, 0.25) is 0 Å². The van der Waals surface area contributed by atoms with Crippen LogP contribution in [0.15, 0.2) is 0 Å². The molecule has 0 heterocycles. The molecule has 100 valence electrons. The van der Waals surface area contributed by atoms with Crippen LogP contribution in [-0.4, -0.2) is 25.3 Å². The standard InChI is InChI=1S/C15H29NO/c1-3-17-15(10-6-7-11-15)14(16-2)12-13-8-4-5-9-13/h13-14,16H,3-12H2,1-2H3. The molecule has 2 aliphatic rings. The Morgan fingerprint density at radius 2 is 1.82 bits per heavy atom. The van der Waals surface area contributed by atoms with Crippen LogP contribution >= 0.6 is 0 Å². The lowest BCUT2D eigenvalue weighted by Crippen LogP contribution is -2.50. The van der Waals surface area contributed by atoms with E-state index in [-0.39, 0.29) is 5.60 Å². The van der Waals surface area contributed by atoms with Crippen LogP contribution in [0, 0.1) is 5.92 Å². The van der Waals surface area contributed by atoms with Crippen LogP contribution < -0.4 is 5.32 Å². The molecule has 0 saturated heterocycles. The summed E-state index contributed by atoms with van der Waals surface area (Å²) in [7, 11) is 2.12. The van der Waals surface area contributed by atoms with Crippen LogP contribution in [0.25, 0.3) is 0 Å². The topological polar surface area (TPSA) is 21.3 Å². The summed E-state index contributed by atoms with van der Waals surface area (Å²) < 4.78 is 6.19. The summed E-state index contributed by atoms with van der Waals surface area (Å²) in [5, 5.41) is 3.57. The van der Waals surface area contributed by atoms with Gasteiger partial charge in [-0.3, -0.25) is 0 Å². The van der Waals surface area contributed by atoms with Crippen LogP contribution in [0.3, 0.4) is 0 Å². The SMILES string of the molecule is CCOC1(C(CC2CCCC2)NC)CCCC1. The fraction of sp³-hybridized carbons (Fsp3) is 1.00. The van der Waals surface area contributed by atoms with E-state index in [1.807, 2.05) is 0 Å². The Bertz CT molecular complexity index is 217. The first-order valence-corrected chi connectivity index (χ1v) is 7.62. The molecule has 0 amide bonds. The van der Waals surface area contributed by atoms with Crippen molar-refractivity contribution in [3.63, 3.8) is 0 Å². The molecule has 1 unspecified atom stereocenters. The van der Waals surface area contributed by atoms with E-state index in [4.69, 9.17) is 4.74 Å². The number of nitrogens with one attached hydrogen (secondary N) is 1. The van der Waals surface area contributed by atoms with Gasteiger partial charge in [-0.05, 0) is 39.2 Å². The molecular formula is C15H29NO. The summed E-state index contributed by atoms with van der Waals surface area (Å²) in [6, 6.07) is 0.577. The fourth-order valence-electron chi connectivity index (χ4n) is 4.03. The van der Waals surface area contributed by atoms with Crippen molar-refractivity contribution in [3.05, 3.63) is 0 Å². The molecule has 2 rings (SSSR count). The zero-order valence-electron chi connectivity index (χ0n) is 11.6. The predicted molar refractivity (Wildman–Crippen MR) is 72.2 cm³/mol. The average Bonchev–Trinajstić information content (AvgIpc) is 2.97. The lowest BCUT2D eigenvalue weighted by molar-refractivity contribution is -0.0646. The van der Waals surface area contributed by atoms with Gasteiger partial charge in [-0.1, -0.05) is 38.5 Å². The highest BCUT2D eigenvalue weighted by Gasteiger charge is 2.42. The minimum Gasteiger partial charge on any atom is -0.374 e. The van der Waals surface area contributed by atoms with Crippen LogP contribution in [0.1, 0.15) is 64.7 Å². The Labute approximate surface area is 107 Å². The van der Waals surface area contributed by atoms with Crippen LogP contribution in [0.4, 0.5) is 0 Å². The molecule has 2 heteroatoms. The molecule has 1 atom stereocenters. The van der Waals surface area contributed by atoms with E-state index < -0.39 is 0 Å². The molecule has 0 aromatic heterocycles. The van der Waals surface area contributed by atoms with E-state index >= 15 is 0 Å². The molecule has 0 spiro atoms. The third-order valence-electron chi connectivity index (χ3n) is 4.91. The molecule has 0 aromatic carbocycles. The molecule has 2 nitrogen and oxygen atoms in total. The van der Waals surface area contributed by atoms with Crippen LogP contribution in [0.2, 0.25) is 0 Å². The molecule has 17 heavy (non-hydrogen) atoms. The summed E-state index contributed by atoms with van der Waals surface area (Å²) in [5.74, 6) is 0.949. The predicted octanol–water partition coefficient (Wildman–Crippen LogP) is 3.50. The van der Waals surface area contributed by atoms with E-state index in [0.717, 1.165) is 12.5 Å². The monoisotopic (exact) mass is 239 g/mol.